The summed E-state index contributed by atoms with van der Waals surface area (Å²) in [6.45, 7) is 5.51. The van der Waals surface area contributed by atoms with Crippen LogP contribution in [0.1, 0.15) is 58.8 Å². The van der Waals surface area contributed by atoms with Gasteiger partial charge in [0.15, 0.2) is 0 Å². The Kier molecular flexibility index (Phi) is 4.24. The van der Waals surface area contributed by atoms with Gasteiger partial charge in [-0.2, -0.15) is 0 Å². The lowest BCUT2D eigenvalue weighted by Gasteiger charge is -2.45. The molecule has 0 saturated heterocycles. The van der Waals surface area contributed by atoms with E-state index >= 15 is 0 Å². The number of unbranched alkanes of at least 4 members (excludes halogenated alkanes) is 1. The molecule has 0 amide bonds. The first-order chi connectivity index (χ1) is 6.29. The third-order valence-electron chi connectivity index (χ3n) is 4.11. The summed E-state index contributed by atoms with van der Waals surface area (Å²) in [4.78, 5) is 0. The van der Waals surface area contributed by atoms with Crippen LogP contribution in [0.15, 0.2) is 0 Å². The fourth-order valence-electron chi connectivity index (χ4n) is 2.63. The molecule has 1 atom stereocenters. The van der Waals surface area contributed by atoms with Crippen LogP contribution >= 0.6 is 0 Å². The Morgan fingerprint density at radius 1 is 1.31 bits per heavy atom. The Hall–Kier alpha value is -0.0400. The van der Waals surface area contributed by atoms with Crippen molar-refractivity contribution in [2.24, 2.45) is 17.1 Å². The largest absolute Gasteiger partial charge is 0.330 e. The summed E-state index contributed by atoms with van der Waals surface area (Å²) in [5.41, 5.74) is 6.48. The van der Waals surface area contributed by atoms with Gasteiger partial charge in [0.2, 0.25) is 0 Å². The van der Waals surface area contributed by atoms with Crippen LogP contribution in [0.4, 0.5) is 0 Å². The molecular formula is C12H25N. The van der Waals surface area contributed by atoms with Gasteiger partial charge in [-0.3, -0.25) is 0 Å². The normalized spacial score (nSPS) is 22.4. The lowest BCUT2D eigenvalue weighted by molar-refractivity contribution is 0.0731. The number of hydrogen-bond donors (Lipinski definition) is 1. The fraction of sp³-hybridized carbons (Fsp3) is 1.00. The quantitative estimate of drug-likeness (QED) is 0.671. The van der Waals surface area contributed by atoms with Gasteiger partial charge >= 0.3 is 0 Å². The molecule has 1 aliphatic carbocycles. The molecule has 0 spiro atoms. The van der Waals surface area contributed by atoms with E-state index in [0.717, 1.165) is 12.5 Å². The second-order valence-electron chi connectivity index (χ2n) is 4.65. The van der Waals surface area contributed by atoms with Crippen LogP contribution in [0.2, 0.25) is 0 Å². The topological polar surface area (TPSA) is 26.0 Å². The lowest BCUT2D eigenvalue weighted by atomic mass is 9.62. The molecule has 13 heavy (non-hydrogen) atoms. The van der Waals surface area contributed by atoms with Gasteiger partial charge in [-0.15, -0.1) is 0 Å². The molecule has 0 aromatic carbocycles. The standard InChI is InChI=1S/C12H25N/c1-3-5-9-12(4-2,10-13)11-7-6-8-11/h11H,3-10,13H2,1-2H3. The number of hydrogen-bond acceptors (Lipinski definition) is 1. The van der Waals surface area contributed by atoms with Crippen LogP contribution in [0.3, 0.4) is 0 Å². The van der Waals surface area contributed by atoms with E-state index in [9.17, 15) is 0 Å². The summed E-state index contributed by atoms with van der Waals surface area (Å²) in [5.74, 6) is 0.953. The van der Waals surface area contributed by atoms with Crippen molar-refractivity contribution >= 4 is 0 Å². The van der Waals surface area contributed by atoms with Gasteiger partial charge in [0.1, 0.15) is 0 Å². The maximum absolute atomic E-state index is 5.97. The highest BCUT2D eigenvalue weighted by molar-refractivity contribution is 4.90. The van der Waals surface area contributed by atoms with E-state index in [0.29, 0.717) is 5.41 Å². The van der Waals surface area contributed by atoms with E-state index < -0.39 is 0 Å². The Bertz CT molecular complexity index is 134. The van der Waals surface area contributed by atoms with Crippen LogP contribution in [0.25, 0.3) is 0 Å². The summed E-state index contributed by atoms with van der Waals surface area (Å²) >= 11 is 0. The molecule has 1 rings (SSSR count). The Balaban J connectivity index is 2.49. The third kappa shape index (κ3) is 2.25. The van der Waals surface area contributed by atoms with E-state index in [1.807, 2.05) is 0 Å². The molecule has 1 saturated carbocycles. The lowest BCUT2D eigenvalue weighted by Crippen LogP contribution is -2.40. The summed E-state index contributed by atoms with van der Waals surface area (Å²) in [7, 11) is 0. The SMILES string of the molecule is CCCCC(CC)(CN)C1CCC1. The molecular weight excluding hydrogens is 158 g/mol. The first-order valence-electron chi connectivity index (χ1n) is 5.99. The van der Waals surface area contributed by atoms with Crippen molar-refractivity contribution in [1.29, 1.82) is 0 Å². The summed E-state index contributed by atoms with van der Waals surface area (Å²) in [6.07, 6.45) is 9.65. The van der Waals surface area contributed by atoms with E-state index in [2.05, 4.69) is 13.8 Å². The molecule has 0 radical (unpaired) electrons. The highest BCUT2D eigenvalue weighted by Crippen LogP contribution is 2.46. The molecule has 0 aliphatic heterocycles. The predicted octanol–water partition coefficient (Wildman–Crippen LogP) is 3.33. The maximum atomic E-state index is 5.97. The monoisotopic (exact) mass is 183 g/mol. The summed E-state index contributed by atoms with van der Waals surface area (Å²) in [6, 6.07) is 0. The van der Waals surface area contributed by atoms with Crippen LogP contribution in [-0.2, 0) is 0 Å². The van der Waals surface area contributed by atoms with Crippen LogP contribution in [0.5, 0.6) is 0 Å². The van der Waals surface area contributed by atoms with E-state index in [1.54, 1.807) is 0 Å². The summed E-state index contributed by atoms with van der Waals surface area (Å²) in [5, 5.41) is 0. The first kappa shape index (κ1) is 11.0. The molecule has 78 valence electrons. The van der Waals surface area contributed by atoms with E-state index in [-0.39, 0.29) is 0 Å². The minimum atomic E-state index is 0.508. The van der Waals surface area contributed by atoms with Crippen molar-refractivity contribution in [3.8, 4) is 0 Å². The average Bonchev–Trinajstić information content (AvgIpc) is 2.09. The number of nitrogens with two attached hydrogens (primary N) is 1. The maximum Gasteiger partial charge on any atom is -0.00180 e. The highest BCUT2D eigenvalue weighted by atomic mass is 14.6. The number of rotatable bonds is 6. The first-order valence-corrected chi connectivity index (χ1v) is 5.99. The molecule has 0 aromatic rings. The van der Waals surface area contributed by atoms with Crippen molar-refractivity contribution < 1.29 is 0 Å². The fourth-order valence-corrected chi connectivity index (χ4v) is 2.63. The van der Waals surface area contributed by atoms with Gasteiger partial charge in [-0.1, -0.05) is 33.1 Å². The second kappa shape index (κ2) is 4.99. The van der Waals surface area contributed by atoms with Crippen molar-refractivity contribution in [2.75, 3.05) is 6.54 Å². The smallest absolute Gasteiger partial charge is 0.00180 e. The van der Waals surface area contributed by atoms with Crippen LogP contribution < -0.4 is 5.73 Å². The van der Waals surface area contributed by atoms with Gasteiger partial charge in [0, 0.05) is 0 Å². The molecule has 0 bridgehead atoms. The van der Waals surface area contributed by atoms with Gasteiger partial charge in [-0.05, 0) is 43.6 Å². The average molecular weight is 183 g/mol. The van der Waals surface area contributed by atoms with Gasteiger partial charge in [0.25, 0.3) is 0 Å². The van der Waals surface area contributed by atoms with Crippen molar-refractivity contribution in [2.45, 2.75) is 58.8 Å². The zero-order chi connectivity index (χ0) is 9.73. The minimum absolute atomic E-state index is 0.508. The summed E-state index contributed by atoms with van der Waals surface area (Å²) < 4.78 is 0. The molecule has 1 heteroatoms. The van der Waals surface area contributed by atoms with Crippen molar-refractivity contribution in [3.63, 3.8) is 0 Å². The zero-order valence-electron chi connectivity index (χ0n) is 9.31. The van der Waals surface area contributed by atoms with Gasteiger partial charge in [-0.25, -0.2) is 0 Å². The Labute approximate surface area is 83.1 Å². The van der Waals surface area contributed by atoms with E-state index in [1.165, 1.54) is 44.9 Å². The Morgan fingerprint density at radius 3 is 2.31 bits per heavy atom. The second-order valence-corrected chi connectivity index (χ2v) is 4.65. The van der Waals surface area contributed by atoms with Crippen LogP contribution in [0, 0.1) is 11.3 Å². The van der Waals surface area contributed by atoms with E-state index in [4.69, 9.17) is 5.73 Å². The Morgan fingerprint density at radius 2 is 2.00 bits per heavy atom. The molecule has 1 nitrogen and oxygen atoms in total. The third-order valence-corrected chi connectivity index (χ3v) is 4.11. The van der Waals surface area contributed by atoms with Gasteiger partial charge < -0.3 is 5.73 Å². The molecule has 0 aromatic heterocycles. The molecule has 0 heterocycles. The van der Waals surface area contributed by atoms with Crippen LogP contribution in [-0.4, -0.2) is 6.54 Å². The minimum Gasteiger partial charge on any atom is -0.330 e. The predicted molar refractivity (Wildman–Crippen MR) is 58.6 cm³/mol. The van der Waals surface area contributed by atoms with Crippen molar-refractivity contribution in [1.82, 2.24) is 0 Å². The van der Waals surface area contributed by atoms with Crippen molar-refractivity contribution in [3.05, 3.63) is 0 Å². The highest BCUT2D eigenvalue weighted by Gasteiger charge is 2.38. The molecule has 1 fully saturated rings. The molecule has 1 unspecified atom stereocenters. The zero-order valence-corrected chi connectivity index (χ0v) is 9.31. The molecule has 2 N–H and O–H groups in total. The molecule has 1 aliphatic rings. The van der Waals surface area contributed by atoms with Gasteiger partial charge in [0.05, 0.1) is 0 Å².